The molecule has 1 atom stereocenters. The van der Waals surface area contributed by atoms with Crippen molar-refractivity contribution in [2.45, 2.75) is 18.9 Å². The Bertz CT molecular complexity index is 1630. The van der Waals surface area contributed by atoms with Gasteiger partial charge in [0.25, 0.3) is 0 Å². The van der Waals surface area contributed by atoms with Crippen LogP contribution in [0.4, 0.5) is 8.78 Å². The molecule has 6 nitrogen and oxygen atoms in total. The number of hydrogen-bond donors (Lipinski definition) is 3. The highest BCUT2D eigenvalue weighted by molar-refractivity contribution is 5.94. The summed E-state index contributed by atoms with van der Waals surface area (Å²) in [5, 5.41) is 3.96. The molecule has 0 radical (unpaired) electrons. The third-order valence-electron chi connectivity index (χ3n) is 6.35. The number of carbonyl (C=O) groups excluding carboxylic acids is 2. The lowest BCUT2D eigenvalue weighted by molar-refractivity contribution is -0.121. The summed E-state index contributed by atoms with van der Waals surface area (Å²) in [6, 6.07) is 20.5. The zero-order chi connectivity index (χ0) is 26.6. The molecule has 3 aromatic carbocycles. The van der Waals surface area contributed by atoms with Crippen molar-refractivity contribution in [2.24, 2.45) is 5.73 Å². The number of H-pyrrole nitrogens is 1. The average molecular weight is 511 g/mol. The molecule has 5 rings (SSSR count). The molecule has 8 heteroatoms. The minimum Gasteiger partial charge on any atom is -0.366 e. The van der Waals surface area contributed by atoms with E-state index >= 15 is 0 Å². The summed E-state index contributed by atoms with van der Waals surface area (Å²) in [4.78, 5) is 32.8. The molecule has 0 aliphatic carbocycles. The first-order valence-corrected chi connectivity index (χ1v) is 12.0. The van der Waals surface area contributed by atoms with Crippen LogP contribution in [0, 0.1) is 11.6 Å². The van der Waals surface area contributed by atoms with Gasteiger partial charge in [0.05, 0.1) is 18.2 Å². The molecular formula is C30H24F2N4O2. The number of aromatic amines is 1. The molecule has 4 N–H and O–H groups in total. The number of primary amides is 1. The van der Waals surface area contributed by atoms with E-state index < -0.39 is 23.6 Å². The van der Waals surface area contributed by atoms with Crippen LogP contribution in [0.3, 0.4) is 0 Å². The smallest absolute Gasteiger partial charge is 0.248 e. The Morgan fingerprint density at radius 3 is 2.53 bits per heavy atom. The van der Waals surface area contributed by atoms with E-state index in [1.165, 1.54) is 12.1 Å². The fourth-order valence-electron chi connectivity index (χ4n) is 4.66. The standard InChI is InChI=1S/C30H24F2N4O2/c31-22-11-18(12-23(32)16-22)13-27(36-28(37)15-21-17-35-26-9-2-1-7-24(21)26)29-25(8-4-10-34-29)19-5-3-6-20(14-19)30(33)38/h1-12,14,16-17,27,35H,13,15H2,(H2,33,38)(H,36,37). The Morgan fingerprint density at radius 2 is 1.74 bits per heavy atom. The number of nitrogens with zero attached hydrogens (tertiary/aromatic N) is 1. The second-order valence-corrected chi connectivity index (χ2v) is 9.02. The van der Waals surface area contributed by atoms with E-state index in [9.17, 15) is 18.4 Å². The van der Waals surface area contributed by atoms with Crippen molar-refractivity contribution in [1.29, 1.82) is 0 Å². The maximum Gasteiger partial charge on any atom is 0.248 e. The van der Waals surface area contributed by atoms with Gasteiger partial charge in [-0.2, -0.15) is 0 Å². The summed E-state index contributed by atoms with van der Waals surface area (Å²) >= 11 is 0. The van der Waals surface area contributed by atoms with Crippen molar-refractivity contribution < 1.29 is 18.4 Å². The molecule has 5 aromatic rings. The number of nitrogens with one attached hydrogen (secondary N) is 2. The first kappa shape index (κ1) is 24.8. The number of para-hydroxylation sites is 1. The van der Waals surface area contributed by atoms with Crippen LogP contribution >= 0.6 is 0 Å². The van der Waals surface area contributed by atoms with Crippen LogP contribution in [0.25, 0.3) is 22.0 Å². The Kier molecular flexibility index (Phi) is 6.95. The number of rotatable bonds is 8. The number of nitrogens with two attached hydrogens (primary N) is 1. The van der Waals surface area contributed by atoms with E-state index in [-0.39, 0.29) is 18.7 Å². The van der Waals surface area contributed by atoms with Crippen molar-refractivity contribution in [3.63, 3.8) is 0 Å². The lowest BCUT2D eigenvalue weighted by Gasteiger charge is -2.22. The number of fused-ring (bicyclic) bond motifs is 1. The summed E-state index contributed by atoms with van der Waals surface area (Å²) in [5.41, 5.74) is 9.72. The van der Waals surface area contributed by atoms with Gasteiger partial charge in [-0.1, -0.05) is 36.4 Å². The van der Waals surface area contributed by atoms with Crippen LogP contribution in [0.5, 0.6) is 0 Å². The summed E-state index contributed by atoms with van der Waals surface area (Å²) in [5.74, 6) is -2.27. The van der Waals surface area contributed by atoms with E-state index in [0.717, 1.165) is 22.5 Å². The number of benzene rings is 3. The van der Waals surface area contributed by atoms with Crippen LogP contribution in [-0.2, 0) is 17.6 Å². The molecule has 0 saturated heterocycles. The van der Waals surface area contributed by atoms with Crippen molar-refractivity contribution in [1.82, 2.24) is 15.3 Å². The maximum atomic E-state index is 14.0. The Labute approximate surface area is 217 Å². The second kappa shape index (κ2) is 10.6. The van der Waals surface area contributed by atoms with Gasteiger partial charge in [0.2, 0.25) is 11.8 Å². The molecule has 0 aliphatic heterocycles. The molecule has 2 aromatic heterocycles. The van der Waals surface area contributed by atoms with Crippen LogP contribution in [-0.4, -0.2) is 21.8 Å². The molecule has 0 spiro atoms. The minimum absolute atomic E-state index is 0.0911. The predicted octanol–water partition coefficient (Wildman–Crippen LogP) is 5.25. The predicted molar refractivity (Wildman–Crippen MR) is 141 cm³/mol. The van der Waals surface area contributed by atoms with Crippen LogP contribution in [0.2, 0.25) is 0 Å². The topological polar surface area (TPSA) is 101 Å². The van der Waals surface area contributed by atoms with Crippen molar-refractivity contribution in [2.75, 3.05) is 0 Å². The minimum atomic E-state index is -0.720. The summed E-state index contributed by atoms with van der Waals surface area (Å²) < 4.78 is 28.0. The third kappa shape index (κ3) is 5.44. The molecule has 1 unspecified atom stereocenters. The molecule has 0 bridgehead atoms. The highest BCUT2D eigenvalue weighted by Gasteiger charge is 2.22. The average Bonchev–Trinajstić information content (AvgIpc) is 3.30. The van der Waals surface area contributed by atoms with Gasteiger partial charge in [0.15, 0.2) is 0 Å². The van der Waals surface area contributed by atoms with Crippen molar-refractivity contribution >= 4 is 22.7 Å². The van der Waals surface area contributed by atoms with Gasteiger partial charge in [0.1, 0.15) is 11.6 Å². The zero-order valence-electron chi connectivity index (χ0n) is 20.2. The number of hydrogen-bond acceptors (Lipinski definition) is 3. The Hall–Kier alpha value is -4.85. The van der Waals surface area contributed by atoms with Gasteiger partial charge in [-0.25, -0.2) is 8.78 Å². The van der Waals surface area contributed by atoms with Gasteiger partial charge < -0.3 is 16.0 Å². The van der Waals surface area contributed by atoms with Gasteiger partial charge in [0, 0.05) is 40.5 Å². The number of halogens is 2. The Morgan fingerprint density at radius 1 is 0.947 bits per heavy atom. The third-order valence-corrected chi connectivity index (χ3v) is 6.35. The van der Waals surface area contributed by atoms with Crippen molar-refractivity contribution in [3.05, 3.63) is 125 Å². The SMILES string of the molecule is NC(=O)c1cccc(-c2cccnc2C(Cc2cc(F)cc(F)c2)NC(=O)Cc2c[nH]c3ccccc23)c1. The lowest BCUT2D eigenvalue weighted by atomic mass is 9.94. The number of aromatic nitrogens is 2. The highest BCUT2D eigenvalue weighted by atomic mass is 19.1. The molecule has 0 fully saturated rings. The summed E-state index contributed by atoms with van der Waals surface area (Å²) in [7, 11) is 0. The molecule has 2 amide bonds. The van der Waals surface area contributed by atoms with Gasteiger partial charge >= 0.3 is 0 Å². The molecule has 0 saturated carbocycles. The van der Waals surface area contributed by atoms with Crippen LogP contribution in [0.15, 0.2) is 91.3 Å². The normalized spacial score (nSPS) is 11.8. The first-order chi connectivity index (χ1) is 18.4. The maximum absolute atomic E-state index is 14.0. The molecule has 2 heterocycles. The fraction of sp³-hybridized carbons (Fsp3) is 0.100. The number of amides is 2. The Balaban J connectivity index is 1.51. The molecular weight excluding hydrogens is 486 g/mol. The lowest BCUT2D eigenvalue weighted by Crippen LogP contribution is -2.32. The number of carbonyl (C=O) groups is 2. The van der Waals surface area contributed by atoms with Crippen LogP contribution in [0.1, 0.15) is 33.2 Å². The second-order valence-electron chi connectivity index (χ2n) is 9.02. The largest absolute Gasteiger partial charge is 0.366 e. The van der Waals surface area contributed by atoms with E-state index in [2.05, 4.69) is 15.3 Å². The van der Waals surface area contributed by atoms with E-state index in [1.54, 1.807) is 42.7 Å². The first-order valence-electron chi connectivity index (χ1n) is 12.0. The summed E-state index contributed by atoms with van der Waals surface area (Å²) in [6.07, 6.45) is 3.57. The van der Waals surface area contributed by atoms with Gasteiger partial charge in [-0.15, -0.1) is 0 Å². The molecule has 190 valence electrons. The highest BCUT2D eigenvalue weighted by Crippen LogP contribution is 2.30. The number of pyridine rings is 1. The van der Waals surface area contributed by atoms with Crippen LogP contribution < -0.4 is 11.1 Å². The van der Waals surface area contributed by atoms with Gasteiger partial charge in [-0.3, -0.25) is 14.6 Å². The van der Waals surface area contributed by atoms with Crippen molar-refractivity contribution in [3.8, 4) is 11.1 Å². The van der Waals surface area contributed by atoms with E-state index in [0.29, 0.717) is 27.9 Å². The van der Waals surface area contributed by atoms with E-state index in [1.807, 2.05) is 30.3 Å². The zero-order valence-corrected chi connectivity index (χ0v) is 20.2. The van der Waals surface area contributed by atoms with Gasteiger partial charge in [-0.05, 0) is 59.5 Å². The quantitative estimate of drug-likeness (QED) is 0.266. The molecule has 38 heavy (non-hydrogen) atoms. The monoisotopic (exact) mass is 510 g/mol. The summed E-state index contributed by atoms with van der Waals surface area (Å²) in [6.45, 7) is 0. The van der Waals surface area contributed by atoms with E-state index in [4.69, 9.17) is 5.73 Å². The fourth-order valence-corrected chi connectivity index (χ4v) is 4.66. The molecule has 0 aliphatic rings.